The standard InChI is InChI=1S/C12H8FNO4S/c13-8-3-1-7(2-4-8)5-9-11(17)14(6-10(15)16)12(18)19-9/h1-5H,6H2,(H,15,16)/b9-5-. The van der Waals surface area contributed by atoms with Crippen molar-refractivity contribution in [2.45, 2.75) is 0 Å². The van der Waals surface area contributed by atoms with Crippen LogP contribution < -0.4 is 0 Å². The maximum absolute atomic E-state index is 12.7. The summed E-state index contributed by atoms with van der Waals surface area (Å²) in [6.07, 6.45) is 1.42. The van der Waals surface area contributed by atoms with Crippen LogP contribution in [0.4, 0.5) is 9.18 Å². The summed E-state index contributed by atoms with van der Waals surface area (Å²) in [6.45, 7) is -0.661. The molecular weight excluding hydrogens is 273 g/mol. The Morgan fingerprint density at radius 2 is 1.95 bits per heavy atom. The van der Waals surface area contributed by atoms with Gasteiger partial charge in [-0.25, -0.2) is 4.39 Å². The Morgan fingerprint density at radius 3 is 2.53 bits per heavy atom. The zero-order valence-corrected chi connectivity index (χ0v) is 10.3. The van der Waals surface area contributed by atoms with Crippen LogP contribution in [0.2, 0.25) is 0 Å². The first-order valence-electron chi connectivity index (χ1n) is 5.20. The predicted octanol–water partition coefficient (Wildman–Crippen LogP) is 1.95. The number of aliphatic carboxylic acids is 1. The van der Waals surface area contributed by atoms with Crippen molar-refractivity contribution in [2.24, 2.45) is 0 Å². The van der Waals surface area contributed by atoms with E-state index in [0.29, 0.717) is 22.2 Å². The zero-order chi connectivity index (χ0) is 14.0. The number of carboxylic acids is 1. The molecular formula is C12H8FNO4S. The molecule has 0 aromatic heterocycles. The van der Waals surface area contributed by atoms with Crippen molar-refractivity contribution < 1.29 is 23.9 Å². The molecule has 0 atom stereocenters. The Morgan fingerprint density at radius 1 is 1.32 bits per heavy atom. The maximum atomic E-state index is 12.7. The minimum atomic E-state index is -1.26. The number of carbonyl (C=O) groups is 3. The molecule has 5 nitrogen and oxygen atoms in total. The smallest absolute Gasteiger partial charge is 0.323 e. The number of hydrogen-bond donors (Lipinski definition) is 1. The Kier molecular flexibility index (Phi) is 3.66. The van der Waals surface area contributed by atoms with Gasteiger partial charge < -0.3 is 5.11 Å². The lowest BCUT2D eigenvalue weighted by Crippen LogP contribution is -2.33. The number of hydrogen-bond acceptors (Lipinski definition) is 4. The summed E-state index contributed by atoms with van der Waals surface area (Å²) >= 11 is 0.664. The van der Waals surface area contributed by atoms with E-state index in [1.165, 1.54) is 30.3 Å². The number of rotatable bonds is 3. The van der Waals surface area contributed by atoms with E-state index in [1.807, 2.05) is 0 Å². The molecule has 0 spiro atoms. The van der Waals surface area contributed by atoms with Crippen LogP contribution in [-0.2, 0) is 9.59 Å². The van der Waals surface area contributed by atoms with Crippen molar-refractivity contribution >= 4 is 35.0 Å². The Bertz CT molecular complexity index is 582. The minimum absolute atomic E-state index is 0.123. The second-order valence-corrected chi connectivity index (χ2v) is 4.71. The monoisotopic (exact) mass is 281 g/mol. The van der Waals surface area contributed by atoms with Gasteiger partial charge in [-0.1, -0.05) is 12.1 Å². The second kappa shape index (κ2) is 5.23. The molecule has 0 aliphatic carbocycles. The molecule has 1 fully saturated rings. The Labute approximate surface area is 111 Å². The fourth-order valence-corrected chi connectivity index (χ4v) is 2.32. The van der Waals surface area contributed by atoms with E-state index in [-0.39, 0.29) is 4.91 Å². The summed E-state index contributed by atoms with van der Waals surface area (Å²) in [4.78, 5) is 34.6. The van der Waals surface area contributed by atoms with Gasteiger partial charge >= 0.3 is 5.97 Å². The van der Waals surface area contributed by atoms with Crippen molar-refractivity contribution in [1.82, 2.24) is 4.90 Å². The third-order valence-electron chi connectivity index (χ3n) is 2.33. The number of halogens is 1. The van der Waals surface area contributed by atoms with E-state index in [0.717, 1.165) is 0 Å². The zero-order valence-electron chi connectivity index (χ0n) is 9.50. The van der Waals surface area contributed by atoms with E-state index in [4.69, 9.17) is 5.11 Å². The van der Waals surface area contributed by atoms with Gasteiger partial charge in [-0.05, 0) is 35.5 Å². The molecule has 1 N–H and O–H groups in total. The van der Waals surface area contributed by atoms with Crippen LogP contribution in [0.25, 0.3) is 6.08 Å². The molecule has 1 aliphatic rings. The number of imide groups is 1. The van der Waals surface area contributed by atoms with Crippen molar-refractivity contribution in [2.75, 3.05) is 6.54 Å². The van der Waals surface area contributed by atoms with Crippen LogP contribution in [0.3, 0.4) is 0 Å². The average molecular weight is 281 g/mol. The number of benzene rings is 1. The molecule has 0 unspecified atom stereocenters. The predicted molar refractivity (Wildman–Crippen MR) is 66.7 cm³/mol. The lowest BCUT2D eigenvalue weighted by molar-refractivity contribution is -0.140. The van der Waals surface area contributed by atoms with Crippen LogP contribution in [0.1, 0.15) is 5.56 Å². The lowest BCUT2D eigenvalue weighted by Gasteiger charge is -2.07. The van der Waals surface area contributed by atoms with Crippen molar-refractivity contribution in [3.05, 3.63) is 40.6 Å². The van der Waals surface area contributed by atoms with E-state index in [2.05, 4.69) is 0 Å². The third kappa shape index (κ3) is 3.00. The first-order valence-corrected chi connectivity index (χ1v) is 6.02. The minimum Gasteiger partial charge on any atom is -0.480 e. The molecule has 2 rings (SSSR count). The van der Waals surface area contributed by atoms with Crippen molar-refractivity contribution in [1.29, 1.82) is 0 Å². The molecule has 0 saturated carbocycles. The van der Waals surface area contributed by atoms with Gasteiger partial charge in [0.05, 0.1) is 4.91 Å². The Balaban J connectivity index is 2.23. The molecule has 0 bridgehead atoms. The number of amides is 2. The van der Waals surface area contributed by atoms with E-state index < -0.39 is 29.5 Å². The van der Waals surface area contributed by atoms with Crippen molar-refractivity contribution in [3.63, 3.8) is 0 Å². The molecule has 2 amide bonds. The summed E-state index contributed by atoms with van der Waals surface area (Å²) < 4.78 is 12.7. The van der Waals surface area contributed by atoms with Gasteiger partial charge in [0.2, 0.25) is 0 Å². The molecule has 1 aromatic rings. The average Bonchev–Trinajstić information content (AvgIpc) is 2.60. The second-order valence-electron chi connectivity index (χ2n) is 3.71. The normalized spacial score (nSPS) is 17.3. The fraction of sp³-hybridized carbons (Fsp3) is 0.0833. The van der Waals surface area contributed by atoms with Crippen LogP contribution in [0.5, 0.6) is 0 Å². The molecule has 7 heteroatoms. The number of carboxylic acid groups (broad SMARTS) is 1. The van der Waals surface area contributed by atoms with Crippen LogP contribution in [0.15, 0.2) is 29.2 Å². The van der Waals surface area contributed by atoms with Gasteiger partial charge in [0.25, 0.3) is 11.1 Å². The summed E-state index contributed by atoms with van der Waals surface area (Å²) in [7, 11) is 0. The van der Waals surface area contributed by atoms with E-state index in [9.17, 15) is 18.8 Å². The highest BCUT2D eigenvalue weighted by Gasteiger charge is 2.36. The topological polar surface area (TPSA) is 74.7 Å². The first kappa shape index (κ1) is 13.3. The summed E-state index contributed by atoms with van der Waals surface area (Å²) in [5.41, 5.74) is 0.558. The van der Waals surface area contributed by atoms with Gasteiger partial charge in [-0.2, -0.15) is 0 Å². The summed E-state index contributed by atoms with van der Waals surface area (Å²) in [5.74, 6) is -2.32. The molecule has 98 valence electrons. The molecule has 1 saturated heterocycles. The Hall–Kier alpha value is -2.15. The highest BCUT2D eigenvalue weighted by atomic mass is 32.2. The van der Waals surface area contributed by atoms with Gasteiger partial charge in [-0.3, -0.25) is 19.3 Å². The maximum Gasteiger partial charge on any atom is 0.323 e. The molecule has 19 heavy (non-hydrogen) atoms. The lowest BCUT2D eigenvalue weighted by atomic mass is 10.2. The van der Waals surface area contributed by atoms with E-state index in [1.54, 1.807) is 0 Å². The van der Waals surface area contributed by atoms with Gasteiger partial charge in [-0.15, -0.1) is 0 Å². The molecule has 1 aliphatic heterocycles. The fourth-order valence-electron chi connectivity index (χ4n) is 1.48. The highest BCUT2D eigenvalue weighted by Crippen LogP contribution is 2.31. The van der Waals surface area contributed by atoms with Crippen LogP contribution in [-0.4, -0.2) is 33.7 Å². The molecule has 0 radical (unpaired) electrons. The van der Waals surface area contributed by atoms with Crippen LogP contribution in [0, 0.1) is 5.82 Å². The van der Waals surface area contributed by atoms with Crippen LogP contribution >= 0.6 is 11.8 Å². The SMILES string of the molecule is O=C(O)CN1C(=O)S/C(=C\c2ccc(F)cc2)C1=O. The van der Waals surface area contributed by atoms with Crippen molar-refractivity contribution in [3.8, 4) is 0 Å². The van der Waals surface area contributed by atoms with Gasteiger partial charge in [0.15, 0.2) is 0 Å². The van der Waals surface area contributed by atoms with E-state index >= 15 is 0 Å². The van der Waals surface area contributed by atoms with Gasteiger partial charge in [0.1, 0.15) is 12.4 Å². The quantitative estimate of drug-likeness (QED) is 0.857. The number of nitrogens with zero attached hydrogens (tertiary/aromatic N) is 1. The number of carbonyl (C=O) groups excluding carboxylic acids is 2. The largest absolute Gasteiger partial charge is 0.480 e. The molecule has 1 aromatic carbocycles. The summed E-state index contributed by atoms with van der Waals surface area (Å²) in [6, 6.07) is 5.38. The number of thioether (sulfide) groups is 1. The summed E-state index contributed by atoms with van der Waals surface area (Å²) in [5, 5.41) is 7.98. The van der Waals surface area contributed by atoms with Gasteiger partial charge in [0, 0.05) is 0 Å². The first-order chi connectivity index (χ1) is 8.97. The molecule has 1 heterocycles. The third-order valence-corrected chi connectivity index (χ3v) is 3.24. The highest BCUT2D eigenvalue weighted by molar-refractivity contribution is 8.18.